The monoisotopic (exact) mass is 287 g/mol. The largest absolute Gasteiger partial charge is 0.480 e. The molecular weight excluding hydrogens is 266 g/mol. The molecule has 7 heteroatoms. The van der Waals surface area contributed by atoms with Crippen molar-refractivity contribution in [2.24, 2.45) is 5.92 Å². The van der Waals surface area contributed by atoms with Gasteiger partial charge in [-0.15, -0.1) is 0 Å². The summed E-state index contributed by atoms with van der Waals surface area (Å²) in [5, 5.41) is 11.6. The van der Waals surface area contributed by atoms with Gasteiger partial charge in [-0.25, -0.2) is 4.79 Å². The highest BCUT2D eigenvalue weighted by Gasteiger charge is 2.34. The van der Waals surface area contributed by atoms with E-state index in [1.807, 2.05) is 6.92 Å². The molecule has 7 nitrogen and oxygen atoms in total. The summed E-state index contributed by atoms with van der Waals surface area (Å²) in [6.07, 6.45) is 1.10. The van der Waals surface area contributed by atoms with E-state index < -0.39 is 18.0 Å². The Hall–Kier alpha value is -1.63. The number of carbonyl (C=O) groups is 3. The first-order valence-corrected chi connectivity index (χ1v) is 6.71. The molecule has 0 spiro atoms. The second-order valence-electron chi connectivity index (χ2n) is 4.73. The lowest BCUT2D eigenvalue weighted by atomic mass is 9.98. The van der Waals surface area contributed by atoms with Crippen LogP contribution >= 0.6 is 0 Å². The van der Waals surface area contributed by atoms with Gasteiger partial charge >= 0.3 is 11.9 Å². The molecule has 1 amide bonds. The zero-order valence-corrected chi connectivity index (χ0v) is 11.8. The first kappa shape index (κ1) is 16.4. The molecular formula is C13H21NO6. The zero-order chi connectivity index (χ0) is 15.1. The van der Waals surface area contributed by atoms with E-state index in [-0.39, 0.29) is 30.8 Å². The Morgan fingerprint density at radius 2 is 2.15 bits per heavy atom. The molecule has 1 saturated heterocycles. The van der Waals surface area contributed by atoms with Gasteiger partial charge in [-0.3, -0.25) is 9.59 Å². The number of carboxylic acid groups (broad SMARTS) is 1. The molecule has 3 atom stereocenters. The Bertz CT molecular complexity index is 370. The summed E-state index contributed by atoms with van der Waals surface area (Å²) >= 11 is 0. The lowest BCUT2D eigenvalue weighted by molar-refractivity contribution is -0.144. The van der Waals surface area contributed by atoms with Gasteiger partial charge in [-0.2, -0.15) is 0 Å². The van der Waals surface area contributed by atoms with E-state index in [2.05, 4.69) is 10.1 Å². The number of rotatable bonds is 7. The molecule has 0 aromatic heterocycles. The Balaban J connectivity index is 2.54. The summed E-state index contributed by atoms with van der Waals surface area (Å²) in [6, 6.07) is -1.08. The van der Waals surface area contributed by atoms with Crippen LogP contribution in [0.25, 0.3) is 0 Å². The Labute approximate surface area is 117 Å². The van der Waals surface area contributed by atoms with Crippen molar-refractivity contribution in [3.8, 4) is 0 Å². The minimum Gasteiger partial charge on any atom is -0.480 e. The van der Waals surface area contributed by atoms with Crippen LogP contribution < -0.4 is 5.32 Å². The standard InChI is InChI=1S/C13H21NO6/c1-3-10-8(6-7-20-10)12(16)14-9(13(17)18)4-5-11(15)19-2/h8-10H,3-7H2,1-2H3,(H,14,16)(H,17,18). The van der Waals surface area contributed by atoms with Crippen molar-refractivity contribution in [1.29, 1.82) is 0 Å². The van der Waals surface area contributed by atoms with Gasteiger partial charge in [-0.1, -0.05) is 6.92 Å². The molecule has 0 aliphatic carbocycles. The number of hydrogen-bond acceptors (Lipinski definition) is 5. The van der Waals surface area contributed by atoms with Crippen molar-refractivity contribution in [1.82, 2.24) is 5.32 Å². The van der Waals surface area contributed by atoms with Crippen LogP contribution in [0.3, 0.4) is 0 Å². The van der Waals surface area contributed by atoms with Crippen molar-refractivity contribution < 1.29 is 29.0 Å². The van der Waals surface area contributed by atoms with Crippen LogP contribution in [0.4, 0.5) is 0 Å². The second kappa shape index (κ2) is 7.84. The maximum atomic E-state index is 12.1. The van der Waals surface area contributed by atoms with Crippen LogP contribution in [0, 0.1) is 5.92 Å². The smallest absolute Gasteiger partial charge is 0.326 e. The third kappa shape index (κ3) is 4.48. The van der Waals surface area contributed by atoms with Gasteiger partial charge in [0.1, 0.15) is 6.04 Å². The van der Waals surface area contributed by atoms with Crippen LogP contribution in [-0.4, -0.2) is 48.8 Å². The number of ether oxygens (including phenoxy) is 2. The molecule has 1 fully saturated rings. The summed E-state index contributed by atoms with van der Waals surface area (Å²) in [4.78, 5) is 34.2. The van der Waals surface area contributed by atoms with E-state index >= 15 is 0 Å². The average molecular weight is 287 g/mol. The first-order valence-electron chi connectivity index (χ1n) is 6.71. The first-order chi connectivity index (χ1) is 9.49. The summed E-state index contributed by atoms with van der Waals surface area (Å²) in [6.45, 7) is 2.43. The van der Waals surface area contributed by atoms with Crippen LogP contribution in [-0.2, 0) is 23.9 Å². The molecule has 0 bridgehead atoms. The van der Waals surface area contributed by atoms with Crippen LogP contribution in [0.2, 0.25) is 0 Å². The molecule has 1 heterocycles. The number of aliphatic carboxylic acids is 1. The van der Waals surface area contributed by atoms with Gasteiger partial charge in [-0.05, 0) is 19.3 Å². The van der Waals surface area contributed by atoms with E-state index in [4.69, 9.17) is 9.84 Å². The predicted molar refractivity (Wildman–Crippen MR) is 69.0 cm³/mol. The molecule has 0 radical (unpaired) electrons. The highest BCUT2D eigenvalue weighted by molar-refractivity contribution is 5.85. The molecule has 0 saturated carbocycles. The molecule has 0 aromatic carbocycles. The highest BCUT2D eigenvalue weighted by Crippen LogP contribution is 2.23. The molecule has 2 N–H and O–H groups in total. The SMILES string of the molecule is CCC1OCCC1C(=O)NC(CCC(=O)OC)C(=O)O. The second-order valence-corrected chi connectivity index (χ2v) is 4.73. The van der Waals surface area contributed by atoms with Gasteiger partial charge in [0.05, 0.1) is 19.1 Å². The normalized spacial score (nSPS) is 23.1. The number of methoxy groups -OCH3 is 1. The molecule has 1 aliphatic heterocycles. The number of amides is 1. The van der Waals surface area contributed by atoms with Gasteiger partial charge in [0.15, 0.2) is 0 Å². The molecule has 20 heavy (non-hydrogen) atoms. The van der Waals surface area contributed by atoms with Crippen molar-refractivity contribution in [3.63, 3.8) is 0 Å². The average Bonchev–Trinajstić information content (AvgIpc) is 2.90. The molecule has 114 valence electrons. The number of nitrogens with one attached hydrogen (secondary N) is 1. The maximum absolute atomic E-state index is 12.1. The topological polar surface area (TPSA) is 102 Å². The summed E-state index contributed by atoms with van der Waals surface area (Å²) < 4.78 is 9.87. The fourth-order valence-corrected chi connectivity index (χ4v) is 2.25. The van der Waals surface area contributed by atoms with Crippen molar-refractivity contribution in [2.45, 2.75) is 44.8 Å². The molecule has 1 rings (SSSR count). The third-order valence-corrected chi connectivity index (χ3v) is 3.43. The Morgan fingerprint density at radius 1 is 1.45 bits per heavy atom. The van der Waals surface area contributed by atoms with E-state index in [9.17, 15) is 14.4 Å². The Kier molecular flexibility index (Phi) is 6.44. The zero-order valence-electron chi connectivity index (χ0n) is 11.8. The number of carbonyl (C=O) groups excluding carboxylic acids is 2. The number of carboxylic acids is 1. The molecule has 1 aliphatic rings. The van der Waals surface area contributed by atoms with Crippen molar-refractivity contribution >= 4 is 17.8 Å². The highest BCUT2D eigenvalue weighted by atomic mass is 16.5. The summed E-state index contributed by atoms with van der Waals surface area (Å²) in [7, 11) is 1.23. The lowest BCUT2D eigenvalue weighted by Crippen LogP contribution is -2.45. The number of esters is 1. The summed E-state index contributed by atoms with van der Waals surface area (Å²) in [5.74, 6) is -2.30. The van der Waals surface area contributed by atoms with Crippen LogP contribution in [0.5, 0.6) is 0 Å². The van der Waals surface area contributed by atoms with E-state index in [0.717, 1.165) is 0 Å². The molecule has 3 unspecified atom stereocenters. The van der Waals surface area contributed by atoms with E-state index in [0.29, 0.717) is 19.4 Å². The van der Waals surface area contributed by atoms with E-state index in [1.54, 1.807) is 0 Å². The van der Waals surface area contributed by atoms with Gasteiger partial charge in [0.2, 0.25) is 5.91 Å². The van der Waals surface area contributed by atoms with Crippen molar-refractivity contribution in [3.05, 3.63) is 0 Å². The Morgan fingerprint density at radius 3 is 2.70 bits per heavy atom. The maximum Gasteiger partial charge on any atom is 0.326 e. The minimum absolute atomic E-state index is 0.0120. The van der Waals surface area contributed by atoms with Crippen LogP contribution in [0.1, 0.15) is 32.6 Å². The van der Waals surface area contributed by atoms with Gasteiger partial charge in [0, 0.05) is 13.0 Å². The number of hydrogen-bond donors (Lipinski definition) is 2. The van der Waals surface area contributed by atoms with Crippen molar-refractivity contribution in [2.75, 3.05) is 13.7 Å². The van der Waals surface area contributed by atoms with Gasteiger partial charge < -0.3 is 19.9 Å². The molecule has 0 aromatic rings. The van der Waals surface area contributed by atoms with Crippen LogP contribution in [0.15, 0.2) is 0 Å². The third-order valence-electron chi connectivity index (χ3n) is 3.43. The quantitative estimate of drug-likeness (QED) is 0.654. The fourth-order valence-electron chi connectivity index (χ4n) is 2.25. The fraction of sp³-hybridized carbons (Fsp3) is 0.769. The lowest BCUT2D eigenvalue weighted by Gasteiger charge is -2.20. The predicted octanol–water partition coefficient (Wildman–Crippen LogP) is 0.324. The summed E-state index contributed by atoms with van der Waals surface area (Å²) in [5.41, 5.74) is 0. The van der Waals surface area contributed by atoms with E-state index in [1.165, 1.54) is 7.11 Å². The minimum atomic E-state index is -1.16. The van der Waals surface area contributed by atoms with Gasteiger partial charge in [0.25, 0.3) is 0 Å².